The molecule has 33 heavy (non-hydrogen) atoms. The lowest BCUT2D eigenvalue weighted by Gasteiger charge is -2.34. The summed E-state index contributed by atoms with van der Waals surface area (Å²) >= 11 is 0. The van der Waals surface area contributed by atoms with Gasteiger partial charge in [0.1, 0.15) is 0 Å². The Morgan fingerprint density at radius 2 is 2.09 bits per heavy atom. The number of carbonyl (C=O) groups is 2. The highest BCUT2D eigenvalue weighted by Gasteiger charge is 2.33. The van der Waals surface area contributed by atoms with Gasteiger partial charge in [0.25, 0.3) is 5.91 Å². The van der Waals surface area contributed by atoms with Gasteiger partial charge in [-0.1, -0.05) is 25.8 Å². The maximum Gasteiger partial charge on any atom is 0.257 e. The highest BCUT2D eigenvalue weighted by atomic mass is 16.2. The Bertz CT molecular complexity index is 1010. The lowest BCUT2D eigenvalue weighted by Crippen LogP contribution is -2.47. The van der Waals surface area contributed by atoms with Crippen LogP contribution < -0.4 is 10.2 Å². The Kier molecular flexibility index (Phi) is 7.40. The summed E-state index contributed by atoms with van der Waals surface area (Å²) in [5, 5.41) is 2.93. The minimum atomic E-state index is -0.219. The number of pyridine rings is 1. The third-order valence-electron chi connectivity index (χ3n) is 6.60. The van der Waals surface area contributed by atoms with Gasteiger partial charge in [-0.25, -0.2) is 4.98 Å². The number of aromatic nitrogens is 1. The van der Waals surface area contributed by atoms with Crippen LogP contribution in [0.5, 0.6) is 0 Å². The molecule has 1 aromatic carbocycles. The number of amides is 2. The molecule has 3 heterocycles. The Hall–Kier alpha value is -2.77. The molecule has 176 valence electrons. The van der Waals surface area contributed by atoms with Crippen LogP contribution in [-0.2, 0) is 4.79 Å². The van der Waals surface area contributed by atoms with Crippen molar-refractivity contribution in [3.05, 3.63) is 47.7 Å². The van der Waals surface area contributed by atoms with Crippen molar-refractivity contribution in [3.8, 4) is 0 Å². The number of fused-ring (bicyclic) bond motifs is 2. The predicted molar refractivity (Wildman–Crippen MR) is 132 cm³/mol. The number of hydrogen-bond donors (Lipinski definition) is 1. The van der Waals surface area contributed by atoms with E-state index in [1.165, 1.54) is 12.8 Å². The van der Waals surface area contributed by atoms with Crippen molar-refractivity contribution in [1.29, 1.82) is 0 Å². The summed E-state index contributed by atoms with van der Waals surface area (Å²) < 4.78 is 0. The molecule has 4 rings (SSSR count). The van der Waals surface area contributed by atoms with Crippen LogP contribution in [0.2, 0.25) is 0 Å². The van der Waals surface area contributed by atoms with Crippen molar-refractivity contribution >= 4 is 29.0 Å². The summed E-state index contributed by atoms with van der Waals surface area (Å²) in [6, 6.07) is 9.52. The van der Waals surface area contributed by atoms with E-state index in [0.717, 1.165) is 44.5 Å². The number of likely N-dealkylation sites (N-methyl/N-ethyl adjacent to an activating group) is 1. The summed E-state index contributed by atoms with van der Waals surface area (Å²) in [6.07, 6.45) is 7.39. The largest absolute Gasteiger partial charge is 0.319 e. The van der Waals surface area contributed by atoms with E-state index >= 15 is 0 Å². The maximum absolute atomic E-state index is 13.9. The topological polar surface area (TPSA) is 68.8 Å². The molecule has 1 fully saturated rings. The van der Waals surface area contributed by atoms with E-state index in [1.54, 1.807) is 29.3 Å². The number of nitrogens with one attached hydrogen (secondary N) is 1. The van der Waals surface area contributed by atoms with E-state index < -0.39 is 0 Å². The van der Waals surface area contributed by atoms with Gasteiger partial charge in [-0.3, -0.25) is 19.4 Å². The lowest BCUT2D eigenvalue weighted by atomic mass is 10.1. The zero-order valence-corrected chi connectivity index (χ0v) is 20.0. The van der Waals surface area contributed by atoms with Gasteiger partial charge >= 0.3 is 0 Å². The van der Waals surface area contributed by atoms with Crippen molar-refractivity contribution in [2.75, 3.05) is 43.4 Å². The van der Waals surface area contributed by atoms with Gasteiger partial charge in [-0.15, -0.1) is 0 Å². The monoisotopic (exact) mass is 449 g/mol. The summed E-state index contributed by atoms with van der Waals surface area (Å²) in [7, 11) is 2.17. The van der Waals surface area contributed by atoms with E-state index in [-0.39, 0.29) is 11.8 Å². The highest BCUT2D eigenvalue weighted by molar-refractivity contribution is 6.17. The standard InChI is InChI=1S/C26H35N5O2/c1-4-14-29(3)17-20-9-6-5-7-15-30(20)18-24(32)31-23-16-19(2)11-12-21(23)26(33)28-22-10-8-13-27-25(22)31/h8,10-13,16,20H,4-7,9,14-15,17-18H2,1-3H3,(H,28,33). The van der Waals surface area contributed by atoms with E-state index in [4.69, 9.17) is 0 Å². The smallest absolute Gasteiger partial charge is 0.257 e. The van der Waals surface area contributed by atoms with Gasteiger partial charge in [0.15, 0.2) is 5.82 Å². The number of aryl methyl sites for hydroxylation is 1. The molecular formula is C26H35N5O2. The summed E-state index contributed by atoms with van der Waals surface area (Å²) in [4.78, 5) is 37.7. The molecule has 1 atom stereocenters. The fourth-order valence-electron chi connectivity index (χ4n) is 4.98. The minimum absolute atomic E-state index is 0.0525. The van der Waals surface area contributed by atoms with Crippen LogP contribution in [0, 0.1) is 6.92 Å². The zero-order chi connectivity index (χ0) is 23.4. The molecule has 1 unspecified atom stereocenters. The number of anilines is 3. The van der Waals surface area contributed by atoms with Crippen molar-refractivity contribution in [3.63, 3.8) is 0 Å². The van der Waals surface area contributed by atoms with Gasteiger partial charge in [-0.2, -0.15) is 0 Å². The van der Waals surface area contributed by atoms with Crippen LogP contribution in [0.4, 0.5) is 17.2 Å². The summed E-state index contributed by atoms with van der Waals surface area (Å²) in [5.41, 5.74) is 2.64. The average Bonchev–Trinajstić information content (AvgIpc) is 3.06. The molecule has 1 N–H and O–H groups in total. The molecule has 7 nitrogen and oxygen atoms in total. The molecule has 2 aliphatic heterocycles. The number of nitrogens with zero attached hydrogens (tertiary/aromatic N) is 4. The number of rotatable bonds is 6. The molecule has 1 aromatic heterocycles. The molecule has 2 amide bonds. The minimum Gasteiger partial charge on any atom is -0.319 e. The second-order valence-electron chi connectivity index (χ2n) is 9.31. The lowest BCUT2D eigenvalue weighted by molar-refractivity contribution is -0.119. The first-order valence-corrected chi connectivity index (χ1v) is 12.1. The first-order valence-electron chi connectivity index (χ1n) is 12.1. The number of hydrogen-bond acceptors (Lipinski definition) is 5. The molecule has 2 aromatic rings. The Morgan fingerprint density at radius 3 is 2.91 bits per heavy atom. The van der Waals surface area contributed by atoms with Crippen molar-refractivity contribution in [2.45, 2.75) is 52.0 Å². The third-order valence-corrected chi connectivity index (χ3v) is 6.60. The van der Waals surface area contributed by atoms with Gasteiger partial charge in [0.05, 0.1) is 23.5 Å². The maximum atomic E-state index is 13.9. The fourth-order valence-corrected chi connectivity index (χ4v) is 4.98. The highest BCUT2D eigenvalue weighted by Crippen LogP contribution is 2.37. The molecule has 0 aliphatic carbocycles. The molecule has 0 spiro atoms. The molecular weight excluding hydrogens is 414 g/mol. The van der Waals surface area contributed by atoms with E-state index in [9.17, 15) is 9.59 Å². The van der Waals surface area contributed by atoms with Gasteiger partial charge in [0, 0.05) is 18.8 Å². The quantitative estimate of drug-likeness (QED) is 0.716. The zero-order valence-electron chi connectivity index (χ0n) is 20.0. The molecule has 2 aliphatic rings. The van der Waals surface area contributed by atoms with E-state index in [2.05, 4.69) is 34.1 Å². The van der Waals surface area contributed by atoms with Crippen LogP contribution in [0.25, 0.3) is 0 Å². The molecule has 0 saturated carbocycles. The fraction of sp³-hybridized carbons (Fsp3) is 0.500. The molecule has 7 heteroatoms. The second kappa shape index (κ2) is 10.4. The van der Waals surface area contributed by atoms with Gasteiger partial charge in [-0.05, 0) is 76.2 Å². The van der Waals surface area contributed by atoms with Crippen molar-refractivity contribution in [2.24, 2.45) is 0 Å². The van der Waals surface area contributed by atoms with E-state index in [0.29, 0.717) is 35.3 Å². The average molecular weight is 450 g/mol. The Morgan fingerprint density at radius 1 is 1.24 bits per heavy atom. The van der Waals surface area contributed by atoms with Gasteiger partial charge < -0.3 is 10.2 Å². The Balaban J connectivity index is 1.67. The third kappa shape index (κ3) is 5.25. The summed E-state index contributed by atoms with van der Waals surface area (Å²) in [5.74, 6) is 0.210. The first-order chi connectivity index (χ1) is 16.0. The normalized spacial score (nSPS) is 18.8. The van der Waals surface area contributed by atoms with Crippen LogP contribution in [0.15, 0.2) is 36.5 Å². The first kappa shape index (κ1) is 23.4. The second-order valence-corrected chi connectivity index (χ2v) is 9.31. The SMILES string of the molecule is CCCN(C)CC1CCCCCN1CC(=O)N1c2cc(C)ccc2C(=O)Nc2cccnc21. The molecule has 1 saturated heterocycles. The van der Waals surface area contributed by atoms with Crippen LogP contribution in [0.3, 0.4) is 0 Å². The number of carbonyl (C=O) groups excluding carboxylic acids is 2. The molecule has 0 bridgehead atoms. The predicted octanol–water partition coefficient (Wildman–Crippen LogP) is 4.21. The van der Waals surface area contributed by atoms with Crippen molar-refractivity contribution in [1.82, 2.24) is 14.8 Å². The van der Waals surface area contributed by atoms with Crippen LogP contribution in [-0.4, -0.2) is 65.9 Å². The van der Waals surface area contributed by atoms with Crippen molar-refractivity contribution < 1.29 is 9.59 Å². The molecule has 0 radical (unpaired) electrons. The van der Waals surface area contributed by atoms with E-state index in [1.807, 2.05) is 19.1 Å². The Labute approximate surface area is 196 Å². The number of likely N-dealkylation sites (tertiary alicyclic amines) is 1. The van der Waals surface area contributed by atoms with Gasteiger partial charge in [0.2, 0.25) is 5.91 Å². The van der Waals surface area contributed by atoms with Crippen LogP contribution >= 0.6 is 0 Å². The number of benzene rings is 1. The summed E-state index contributed by atoms with van der Waals surface area (Å²) in [6.45, 7) is 7.41. The van der Waals surface area contributed by atoms with Crippen LogP contribution in [0.1, 0.15) is 54.9 Å².